The molecule has 0 bridgehead atoms. The van der Waals surface area contributed by atoms with Gasteiger partial charge < -0.3 is 25.0 Å². The van der Waals surface area contributed by atoms with E-state index >= 15 is 0 Å². The molecule has 28 heavy (non-hydrogen) atoms. The van der Waals surface area contributed by atoms with Crippen LogP contribution < -0.4 is 11.2 Å². The van der Waals surface area contributed by atoms with Crippen molar-refractivity contribution in [2.45, 2.75) is 45.6 Å². The summed E-state index contributed by atoms with van der Waals surface area (Å²) in [6.45, 7) is 4.63. The average Bonchev–Trinajstić information content (AvgIpc) is 2.65. The molecule has 0 fully saturated rings. The Labute approximate surface area is 159 Å². The highest BCUT2D eigenvalue weighted by molar-refractivity contribution is 5.84. The average molecular weight is 390 g/mol. The van der Waals surface area contributed by atoms with E-state index < -0.39 is 36.2 Å². The third kappa shape index (κ3) is 3.31. The van der Waals surface area contributed by atoms with Crippen LogP contribution in [0.4, 0.5) is 0 Å². The van der Waals surface area contributed by atoms with E-state index in [4.69, 9.17) is 5.11 Å². The van der Waals surface area contributed by atoms with E-state index in [2.05, 4.69) is 15.0 Å². The van der Waals surface area contributed by atoms with Crippen LogP contribution >= 0.6 is 0 Å². The topological polar surface area (TPSA) is 162 Å². The Kier molecular flexibility index (Phi) is 5.31. The van der Waals surface area contributed by atoms with Crippen molar-refractivity contribution >= 4 is 11.0 Å². The lowest BCUT2D eigenvalue weighted by atomic mass is 10.0. The number of nitrogens with one attached hydrogen (secondary N) is 1. The van der Waals surface area contributed by atoms with Crippen LogP contribution in [-0.4, -0.2) is 64.9 Å². The summed E-state index contributed by atoms with van der Waals surface area (Å²) in [5.41, 5.74) is 2.07. The number of hydrogen-bond acceptors (Lipinski definition) is 8. The predicted molar refractivity (Wildman–Crippen MR) is 100 cm³/mol. The minimum atomic E-state index is -1.64. The lowest BCUT2D eigenvalue weighted by molar-refractivity contribution is -0.0802. The van der Waals surface area contributed by atoms with Gasteiger partial charge in [-0.2, -0.15) is 4.98 Å². The van der Waals surface area contributed by atoms with Gasteiger partial charge in [-0.25, -0.2) is 9.78 Å². The van der Waals surface area contributed by atoms with Crippen LogP contribution in [0.3, 0.4) is 0 Å². The summed E-state index contributed by atoms with van der Waals surface area (Å²) in [5.74, 6) is -0.0476. The number of aromatic nitrogens is 4. The third-order valence-corrected chi connectivity index (χ3v) is 5.08. The number of aliphatic hydroxyl groups is 4. The van der Waals surface area contributed by atoms with Gasteiger partial charge in [0.25, 0.3) is 5.56 Å². The van der Waals surface area contributed by atoms with Crippen LogP contribution in [0.1, 0.15) is 16.7 Å². The first kappa shape index (κ1) is 20.1. The molecule has 5 N–H and O–H groups in total. The van der Waals surface area contributed by atoms with Gasteiger partial charge in [0.1, 0.15) is 18.3 Å². The highest BCUT2D eigenvalue weighted by atomic mass is 16.4. The maximum Gasteiger partial charge on any atom is 0.349 e. The first-order chi connectivity index (χ1) is 13.1. The summed E-state index contributed by atoms with van der Waals surface area (Å²) >= 11 is 0. The molecule has 2 heterocycles. The summed E-state index contributed by atoms with van der Waals surface area (Å²) in [6, 6.07) is 1.79. The van der Waals surface area contributed by atoms with E-state index in [9.17, 15) is 24.9 Å². The van der Waals surface area contributed by atoms with Crippen molar-refractivity contribution in [3.05, 3.63) is 43.6 Å². The molecule has 1 aromatic carbocycles. The number of aromatic amines is 1. The van der Waals surface area contributed by atoms with Gasteiger partial charge in [0, 0.05) is 0 Å². The number of benzene rings is 1. The summed E-state index contributed by atoms with van der Waals surface area (Å²) in [5, 5.41) is 39.0. The Bertz CT molecular complexity index is 1120. The molecule has 10 heteroatoms. The Hall–Kier alpha value is -2.66. The quantitative estimate of drug-likeness (QED) is 0.332. The van der Waals surface area contributed by atoms with Crippen molar-refractivity contribution in [3.8, 4) is 11.5 Å². The molecule has 10 nitrogen and oxygen atoms in total. The van der Waals surface area contributed by atoms with Crippen molar-refractivity contribution < 1.29 is 20.4 Å². The number of aliphatic hydroxyl groups excluding tert-OH is 4. The number of H-pyrrole nitrogens is 1. The maximum absolute atomic E-state index is 12.3. The van der Waals surface area contributed by atoms with Crippen molar-refractivity contribution in [2.75, 3.05) is 6.61 Å². The molecule has 3 atom stereocenters. The zero-order valence-corrected chi connectivity index (χ0v) is 15.7. The van der Waals surface area contributed by atoms with Crippen LogP contribution in [0.2, 0.25) is 0 Å². The number of nitrogens with zero attached hydrogens (tertiary/aromatic N) is 3. The second-order valence-corrected chi connectivity index (χ2v) is 6.88. The lowest BCUT2D eigenvalue weighted by Crippen LogP contribution is -2.42. The SMILES string of the molecule is Cc1cc2c(nc3c(=O)[nH]c(=O)nc-3n2CC(O)C(O)C(O)CO)c(C)c1C. The smallest absolute Gasteiger partial charge is 0.349 e. The molecule has 1 aromatic rings. The summed E-state index contributed by atoms with van der Waals surface area (Å²) in [6.07, 6.45) is -4.69. The molecular weight excluding hydrogens is 368 g/mol. The first-order valence-corrected chi connectivity index (χ1v) is 8.72. The summed E-state index contributed by atoms with van der Waals surface area (Å²) in [7, 11) is 0. The van der Waals surface area contributed by atoms with Crippen molar-refractivity contribution in [2.24, 2.45) is 0 Å². The maximum atomic E-state index is 12.3. The third-order valence-electron chi connectivity index (χ3n) is 5.08. The minimum Gasteiger partial charge on any atom is -0.394 e. The highest BCUT2D eigenvalue weighted by Crippen LogP contribution is 2.27. The molecule has 0 amide bonds. The predicted octanol–water partition coefficient (Wildman–Crippen LogP) is -1.42. The van der Waals surface area contributed by atoms with Gasteiger partial charge in [-0.3, -0.25) is 9.78 Å². The fourth-order valence-electron chi connectivity index (χ4n) is 3.19. The van der Waals surface area contributed by atoms with Gasteiger partial charge >= 0.3 is 5.69 Å². The molecule has 2 aliphatic rings. The van der Waals surface area contributed by atoms with Gasteiger partial charge in [0.05, 0.1) is 24.2 Å². The number of hydrogen-bond donors (Lipinski definition) is 5. The molecule has 3 unspecified atom stereocenters. The first-order valence-electron chi connectivity index (χ1n) is 8.72. The van der Waals surface area contributed by atoms with Crippen molar-refractivity contribution in [3.63, 3.8) is 0 Å². The molecular formula is C18H22N4O6. The van der Waals surface area contributed by atoms with Gasteiger partial charge in [-0.1, -0.05) is 0 Å². The normalized spacial score (nSPS) is 15.1. The zero-order valence-electron chi connectivity index (χ0n) is 15.7. The molecule has 150 valence electrons. The largest absolute Gasteiger partial charge is 0.394 e. The van der Waals surface area contributed by atoms with E-state index in [1.54, 1.807) is 6.07 Å². The van der Waals surface area contributed by atoms with Crippen molar-refractivity contribution in [1.82, 2.24) is 19.5 Å². The minimum absolute atomic E-state index is 0.0476. The summed E-state index contributed by atoms with van der Waals surface area (Å²) < 4.78 is 1.42. The van der Waals surface area contributed by atoms with E-state index in [0.29, 0.717) is 11.0 Å². The second-order valence-electron chi connectivity index (χ2n) is 6.88. The van der Waals surface area contributed by atoms with E-state index in [1.165, 1.54) is 4.57 Å². The second kappa shape index (κ2) is 7.40. The van der Waals surface area contributed by atoms with E-state index in [0.717, 1.165) is 16.7 Å². The van der Waals surface area contributed by atoms with Crippen LogP contribution in [-0.2, 0) is 6.54 Å². The zero-order chi connectivity index (χ0) is 20.7. The Morgan fingerprint density at radius 1 is 1.07 bits per heavy atom. The van der Waals surface area contributed by atoms with Crippen LogP contribution in [0.25, 0.3) is 22.6 Å². The van der Waals surface area contributed by atoms with Gasteiger partial charge in [-0.15, -0.1) is 0 Å². The molecule has 0 aliphatic carbocycles. The van der Waals surface area contributed by atoms with Crippen LogP contribution in [0.15, 0.2) is 15.7 Å². The Balaban J connectivity index is 2.34. The summed E-state index contributed by atoms with van der Waals surface area (Å²) in [4.78, 5) is 34.3. The highest BCUT2D eigenvalue weighted by Gasteiger charge is 2.28. The monoisotopic (exact) mass is 390 g/mol. The number of fused-ring (bicyclic) bond motifs is 2. The Morgan fingerprint density at radius 3 is 2.39 bits per heavy atom. The molecule has 0 saturated carbocycles. The van der Waals surface area contributed by atoms with Crippen molar-refractivity contribution in [1.29, 1.82) is 0 Å². The molecule has 0 spiro atoms. The molecule has 3 rings (SSSR count). The standard InChI is InChI=1S/C18H22N4O6/c1-7-4-10-13(9(3)8(7)2)19-14-16(20-18(28)21-17(14)27)22(10)5-11(24)15(26)12(25)6-23/h4,11-12,15,23-26H,5-6H2,1-3H3,(H,21,27,28). The fourth-order valence-corrected chi connectivity index (χ4v) is 3.19. The molecule has 0 aromatic heterocycles. The van der Waals surface area contributed by atoms with E-state index in [-0.39, 0.29) is 18.1 Å². The lowest BCUT2D eigenvalue weighted by Gasteiger charge is -2.25. The van der Waals surface area contributed by atoms with Gasteiger partial charge in [0.15, 0.2) is 11.5 Å². The molecule has 0 saturated heterocycles. The van der Waals surface area contributed by atoms with E-state index in [1.807, 2.05) is 20.8 Å². The fraction of sp³-hybridized carbons (Fsp3) is 0.444. The van der Waals surface area contributed by atoms with Gasteiger partial charge in [0.2, 0.25) is 0 Å². The molecule has 2 aliphatic heterocycles. The van der Waals surface area contributed by atoms with Gasteiger partial charge in [-0.05, 0) is 43.5 Å². The molecule has 0 radical (unpaired) electrons. The number of aryl methyl sites for hydroxylation is 2. The Morgan fingerprint density at radius 2 is 1.75 bits per heavy atom. The number of rotatable bonds is 5. The van der Waals surface area contributed by atoms with Crippen LogP contribution in [0.5, 0.6) is 0 Å². The van der Waals surface area contributed by atoms with Crippen LogP contribution in [0, 0.1) is 20.8 Å².